The van der Waals surface area contributed by atoms with Gasteiger partial charge >= 0.3 is 0 Å². The molecule has 0 aromatic heterocycles. The molecule has 3 nitrogen and oxygen atoms in total. The van der Waals surface area contributed by atoms with Gasteiger partial charge in [-0.05, 0) is 37.6 Å². The van der Waals surface area contributed by atoms with Crippen LogP contribution in [0.3, 0.4) is 0 Å². The van der Waals surface area contributed by atoms with Gasteiger partial charge < -0.3 is 10.6 Å². The van der Waals surface area contributed by atoms with Crippen molar-refractivity contribution in [3.8, 4) is 6.07 Å². The minimum Gasteiger partial charge on any atom is -0.367 e. The van der Waals surface area contributed by atoms with E-state index in [1.54, 1.807) is 0 Å². The van der Waals surface area contributed by atoms with Crippen LogP contribution in [0.4, 0.5) is 5.69 Å². The maximum atomic E-state index is 8.70. The summed E-state index contributed by atoms with van der Waals surface area (Å²) in [6, 6.07) is 10.5. The Kier molecular flexibility index (Phi) is 2.61. The second-order valence-electron chi connectivity index (χ2n) is 4.05. The van der Waals surface area contributed by atoms with Crippen molar-refractivity contribution in [2.75, 3.05) is 11.4 Å². The number of nitriles is 1. The van der Waals surface area contributed by atoms with Crippen LogP contribution in [0.1, 0.15) is 18.9 Å². The summed E-state index contributed by atoms with van der Waals surface area (Å²) in [5.41, 5.74) is 7.83. The summed E-state index contributed by atoms with van der Waals surface area (Å²) in [6.45, 7) is 3.16. The Labute approximate surface area is 90.1 Å². The lowest BCUT2D eigenvalue weighted by Crippen LogP contribution is -2.36. The molecule has 2 rings (SSSR count). The summed E-state index contributed by atoms with van der Waals surface area (Å²) in [4.78, 5) is 2.30. The Hall–Kier alpha value is -1.53. The molecule has 3 heteroatoms. The van der Waals surface area contributed by atoms with E-state index in [-0.39, 0.29) is 6.04 Å². The molecule has 2 N–H and O–H groups in total. The van der Waals surface area contributed by atoms with Crippen molar-refractivity contribution in [3.63, 3.8) is 0 Å². The molecule has 1 aliphatic heterocycles. The molecule has 1 saturated heterocycles. The van der Waals surface area contributed by atoms with Crippen LogP contribution >= 0.6 is 0 Å². The van der Waals surface area contributed by atoms with Gasteiger partial charge in [0.05, 0.1) is 11.6 Å². The van der Waals surface area contributed by atoms with Crippen LogP contribution in [0, 0.1) is 11.3 Å². The molecule has 2 atom stereocenters. The van der Waals surface area contributed by atoms with Crippen molar-refractivity contribution in [2.45, 2.75) is 25.4 Å². The molecule has 78 valence electrons. The van der Waals surface area contributed by atoms with Crippen molar-refractivity contribution in [1.82, 2.24) is 0 Å². The first kappa shape index (κ1) is 10.0. The molecule has 0 saturated carbocycles. The average molecular weight is 201 g/mol. The molecule has 1 aromatic rings. The quantitative estimate of drug-likeness (QED) is 0.748. The van der Waals surface area contributed by atoms with E-state index in [0.717, 1.165) is 18.7 Å². The van der Waals surface area contributed by atoms with E-state index < -0.39 is 0 Å². The summed E-state index contributed by atoms with van der Waals surface area (Å²) in [7, 11) is 0. The second kappa shape index (κ2) is 3.92. The molecule has 1 fully saturated rings. The van der Waals surface area contributed by atoms with Gasteiger partial charge in [0, 0.05) is 24.3 Å². The van der Waals surface area contributed by atoms with E-state index in [0.29, 0.717) is 11.6 Å². The van der Waals surface area contributed by atoms with E-state index in [2.05, 4.69) is 17.9 Å². The van der Waals surface area contributed by atoms with Crippen molar-refractivity contribution >= 4 is 5.69 Å². The predicted molar refractivity (Wildman–Crippen MR) is 60.6 cm³/mol. The van der Waals surface area contributed by atoms with Crippen LogP contribution < -0.4 is 10.6 Å². The van der Waals surface area contributed by atoms with Gasteiger partial charge in [-0.25, -0.2) is 0 Å². The third kappa shape index (κ3) is 1.81. The molecule has 2 unspecified atom stereocenters. The zero-order valence-corrected chi connectivity index (χ0v) is 8.85. The lowest BCUT2D eigenvalue weighted by Gasteiger charge is -2.25. The fourth-order valence-electron chi connectivity index (χ4n) is 2.06. The normalized spacial score (nSPS) is 25.3. The zero-order valence-electron chi connectivity index (χ0n) is 8.85. The number of benzene rings is 1. The van der Waals surface area contributed by atoms with E-state index >= 15 is 0 Å². The molecule has 0 bridgehead atoms. The first-order chi connectivity index (χ1) is 7.22. The highest BCUT2D eigenvalue weighted by Crippen LogP contribution is 2.24. The third-order valence-electron chi connectivity index (χ3n) is 3.14. The van der Waals surface area contributed by atoms with Gasteiger partial charge in [-0.1, -0.05) is 0 Å². The molecule has 1 aliphatic rings. The van der Waals surface area contributed by atoms with E-state index in [1.807, 2.05) is 24.3 Å². The number of hydrogen-bond acceptors (Lipinski definition) is 3. The van der Waals surface area contributed by atoms with E-state index in [9.17, 15) is 0 Å². The Balaban J connectivity index is 2.20. The SMILES string of the molecule is CC1C(N)CCN1c1ccc(C#N)cc1. The number of anilines is 1. The Morgan fingerprint density at radius 3 is 2.53 bits per heavy atom. The second-order valence-corrected chi connectivity index (χ2v) is 4.05. The molecular weight excluding hydrogens is 186 g/mol. The molecule has 1 heterocycles. The number of rotatable bonds is 1. The van der Waals surface area contributed by atoms with Gasteiger partial charge in [0.25, 0.3) is 0 Å². The van der Waals surface area contributed by atoms with Gasteiger partial charge in [-0.2, -0.15) is 5.26 Å². The first-order valence-corrected chi connectivity index (χ1v) is 5.25. The van der Waals surface area contributed by atoms with Crippen LogP contribution in [-0.4, -0.2) is 18.6 Å². The monoisotopic (exact) mass is 201 g/mol. The van der Waals surface area contributed by atoms with Crippen LogP contribution in [0.25, 0.3) is 0 Å². The van der Waals surface area contributed by atoms with Crippen molar-refractivity contribution < 1.29 is 0 Å². The zero-order chi connectivity index (χ0) is 10.8. The average Bonchev–Trinajstić information content (AvgIpc) is 2.60. The molecule has 0 spiro atoms. The summed E-state index contributed by atoms with van der Waals surface area (Å²) in [5.74, 6) is 0. The molecule has 0 amide bonds. The highest BCUT2D eigenvalue weighted by molar-refractivity contribution is 5.51. The fourth-order valence-corrected chi connectivity index (χ4v) is 2.06. The number of nitrogens with zero attached hydrogens (tertiary/aromatic N) is 2. The Morgan fingerprint density at radius 1 is 1.40 bits per heavy atom. The van der Waals surface area contributed by atoms with Gasteiger partial charge in [0.2, 0.25) is 0 Å². The standard InChI is InChI=1S/C12H15N3/c1-9-12(14)6-7-15(9)11-4-2-10(8-13)3-5-11/h2-5,9,12H,6-7,14H2,1H3. The van der Waals surface area contributed by atoms with Crippen molar-refractivity contribution in [2.24, 2.45) is 5.73 Å². The summed E-state index contributed by atoms with van der Waals surface area (Å²) >= 11 is 0. The molecule has 15 heavy (non-hydrogen) atoms. The summed E-state index contributed by atoms with van der Waals surface area (Å²) in [6.07, 6.45) is 1.04. The summed E-state index contributed by atoms with van der Waals surface area (Å²) in [5, 5.41) is 8.70. The van der Waals surface area contributed by atoms with E-state index in [1.165, 1.54) is 0 Å². The predicted octanol–water partition coefficient (Wildman–Crippen LogP) is 1.48. The highest BCUT2D eigenvalue weighted by Gasteiger charge is 2.27. The maximum Gasteiger partial charge on any atom is 0.0991 e. The summed E-state index contributed by atoms with van der Waals surface area (Å²) < 4.78 is 0. The van der Waals surface area contributed by atoms with Gasteiger partial charge in [-0.3, -0.25) is 0 Å². The smallest absolute Gasteiger partial charge is 0.0991 e. The van der Waals surface area contributed by atoms with Gasteiger partial charge in [0.15, 0.2) is 0 Å². The largest absolute Gasteiger partial charge is 0.367 e. The van der Waals surface area contributed by atoms with Crippen molar-refractivity contribution in [3.05, 3.63) is 29.8 Å². The lowest BCUT2D eigenvalue weighted by atomic mass is 10.1. The highest BCUT2D eigenvalue weighted by atomic mass is 15.2. The lowest BCUT2D eigenvalue weighted by molar-refractivity contribution is 0.624. The first-order valence-electron chi connectivity index (χ1n) is 5.25. The molecular formula is C12H15N3. The van der Waals surface area contributed by atoms with E-state index in [4.69, 9.17) is 11.0 Å². The third-order valence-corrected chi connectivity index (χ3v) is 3.14. The number of hydrogen-bond donors (Lipinski definition) is 1. The minimum atomic E-state index is 0.264. The van der Waals surface area contributed by atoms with Gasteiger partial charge in [-0.15, -0.1) is 0 Å². The van der Waals surface area contributed by atoms with Crippen LogP contribution in [-0.2, 0) is 0 Å². The number of nitrogens with two attached hydrogens (primary N) is 1. The van der Waals surface area contributed by atoms with Crippen molar-refractivity contribution in [1.29, 1.82) is 5.26 Å². The Morgan fingerprint density at radius 2 is 2.07 bits per heavy atom. The molecule has 1 aromatic carbocycles. The van der Waals surface area contributed by atoms with Crippen LogP contribution in [0.2, 0.25) is 0 Å². The van der Waals surface area contributed by atoms with Gasteiger partial charge in [0.1, 0.15) is 0 Å². The minimum absolute atomic E-state index is 0.264. The topological polar surface area (TPSA) is 53.0 Å². The molecule has 0 radical (unpaired) electrons. The fraction of sp³-hybridized carbons (Fsp3) is 0.417. The molecule has 0 aliphatic carbocycles. The maximum absolute atomic E-state index is 8.70. The Bertz CT molecular complexity index is 377. The van der Waals surface area contributed by atoms with Crippen LogP contribution in [0.5, 0.6) is 0 Å². The van der Waals surface area contributed by atoms with Crippen LogP contribution in [0.15, 0.2) is 24.3 Å².